The number of nitrogens with zero attached hydrogens (tertiary/aromatic N) is 1. The molecular weight excluding hydrogens is 383 g/mol. The molecule has 1 amide bonds. The molecule has 0 spiro atoms. The third-order valence-corrected chi connectivity index (χ3v) is 30.0. The van der Waals surface area contributed by atoms with Crippen molar-refractivity contribution >= 4 is 49.6 Å². The smallest absolute Gasteiger partial charge is 0.213 e. The second-order valence-corrected chi connectivity index (χ2v) is 33.9. The molecule has 0 atom stereocenters. The number of rotatable bonds is 9. The van der Waals surface area contributed by atoms with Crippen LogP contribution in [0.2, 0.25) is 75.9 Å². The minimum atomic E-state index is -1.51. The Morgan fingerprint density at radius 2 is 1.38 bits per heavy atom. The fraction of sp³-hybridized carbons (Fsp3) is 0.650. The van der Waals surface area contributed by atoms with Crippen LogP contribution < -0.4 is 10.1 Å². The van der Waals surface area contributed by atoms with E-state index in [9.17, 15) is 4.79 Å². The monoisotopic (exact) mass is 423 g/mol. The summed E-state index contributed by atoms with van der Waals surface area (Å²) in [5.41, 5.74) is 5.56. The van der Waals surface area contributed by atoms with E-state index in [2.05, 4.69) is 77.1 Å². The predicted octanol–water partition coefficient (Wildman–Crippen LogP) is 5.57. The Labute approximate surface area is 166 Å². The van der Waals surface area contributed by atoms with Gasteiger partial charge in [-0.25, -0.2) is 0 Å². The van der Waals surface area contributed by atoms with Crippen molar-refractivity contribution in [2.75, 3.05) is 11.9 Å². The van der Waals surface area contributed by atoms with Crippen molar-refractivity contribution in [1.29, 1.82) is 0 Å². The Morgan fingerprint density at radius 1 is 0.846 bits per heavy atom. The van der Waals surface area contributed by atoms with E-state index in [-0.39, 0.29) is 0 Å². The Balaban J connectivity index is 2.98. The third-order valence-electron chi connectivity index (χ3n) is 5.08. The summed E-state index contributed by atoms with van der Waals surface area (Å²) >= 11 is 0. The zero-order valence-electron chi connectivity index (χ0n) is 18.9. The van der Waals surface area contributed by atoms with Crippen LogP contribution >= 0.6 is 0 Å². The number of amides is 1. The highest BCUT2D eigenvalue weighted by Gasteiger charge is 2.39. The van der Waals surface area contributed by atoms with E-state index < -0.39 is 32.3 Å². The molecule has 26 heavy (non-hydrogen) atoms. The Bertz CT molecular complexity index is 620. The van der Waals surface area contributed by atoms with E-state index in [4.69, 9.17) is 0 Å². The predicted molar refractivity (Wildman–Crippen MR) is 131 cm³/mol. The van der Waals surface area contributed by atoms with Gasteiger partial charge >= 0.3 is 0 Å². The number of anilines is 1. The first-order valence-electron chi connectivity index (χ1n) is 9.86. The molecule has 0 aliphatic heterocycles. The van der Waals surface area contributed by atoms with E-state index >= 15 is 0 Å². The Kier molecular flexibility index (Phi) is 7.52. The molecule has 6 heteroatoms. The first-order chi connectivity index (χ1) is 11.6. The van der Waals surface area contributed by atoms with Gasteiger partial charge in [0.05, 0.1) is 8.07 Å². The normalized spacial score (nSPS) is 13.6. The maximum absolute atomic E-state index is 11.1. The molecule has 0 saturated heterocycles. The van der Waals surface area contributed by atoms with Crippen LogP contribution in [0.25, 0.3) is 0 Å². The summed E-state index contributed by atoms with van der Waals surface area (Å²) in [6.07, 6.45) is 0.900. The van der Waals surface area contributed by atoms with Gasteiger partial charge in [0.2, 0.25) is 6.41 Å². The highest BCUT2D eigenvalue weighted by molar-refractivity contribution is 7.08. The first kappa shape index (κ1) is 23.6. The zero-order chi connectivity index (χ0) is 20.4. The second-order valence-electron chi connectivity index (χ2n) is 11.6. The summed E-state index contributed by atoms with van der Waals surface area (Å²) < 4.78 is 0. The van der Waals surface area contributed by atoms with Crippen molar-refractivity contribution in [3.63, 3.8) is 0 Å². The van der Waals surface area contributed by atoms with Gasteiger partial charge in [0.25, 0.3) is 0 Å². The topological polar surface area (TPSA) is 20.3 Å². The molecule has 0 unspecified atom stereocenters. The largest absolute Gasteiger partial charge is 0.318 e. The van der Waals surface area contributed by atoms with Crippen molar-refractivity contribution in [3.8, 4) is 0 Å². The summed E-state index contributed by atoms with van der Waals surface area (Å²) in [5.74, 6) is 0. The molecule has 0 saturated carbocycles. The van der Waals surface area contributed by atoms with Crippen LogP contribution in [-0.2, 0) is 4.79 Å². The molecule has 0 aliphatic carbocycles. The van der Waals surface area contributed by atoms with E-state index in [1.807, 2.05) is 13.1 Å². The minimum absolute atomic E-state index is 0.900. The number of hydrogen-bond acceptors (Lipinski definition) is 1. The van der Waals surface area contributed by atoms with Crippen LogP contribution in [0.5, 0.6) is 0 Å². The molecular formula is C20H41NOSi4. The van der Waals surface area contributed by atoms with E-state index in [0.717, 1.165) is 12.1 Å². The van der Waals surface area contributed by atoms with Gasteiger partial charge in [-0.2, -0.15) is 0 Å². The van der Waals surface area contributed by atoms with Crippen molar-refractivity contribution in [2.24, 2.45) is 0 Å². The van der Waals surface area contributed by atoms with Gasteiger partial charge < -0.3 is 4.90 Å². The quantitative estimate of drug-likeness (QED) is 0.375. The van der Waals surface area contributed by atoms with Crippen LogP contribution in [0.3, 0.4) is 0 Å². The van der Waals surface area contributed by atoms with Gasteiger partial charge in [-0.3, -0.25) is 4.79 Å². The van der Waals surface area contributed by atoms with Crippen LogP contribution in [0.15, 0.2) is 24.3 Å². The molecule has 0 radical (unpaired) electrons. The van der Waals surface area contributed by atoms with Crippen molar-refractivity contribution in [3.05, 3.63) is 24.3 Å². The van der Waals surface area contributed by atoms with Crippen LogP contribution in [0.1, 0.15) is 0 Å². The average molecular weight is 424 g/mol. The second kappa shape index (κ2) is 8.29. The maximum atomic E-state index is 11.1. The van der Waals surface area contributed by atoms with Crippen molar-refractivity contribution in [2.45, 2.75) is 75.9 Å². The summed E-state index contributed by atoms with van der Waals surface area (Å²) in [4.78, 5) is 12.8. The standard InChI is InChI=1S/C20H41NOSi4/c1-21(15-22)19-12-11-13-20(14-19)26(9,10)18-25(7,8)17-24(5,6)16-23(2,3)4/h11-15H,16-18H2,1-10H3. The lowest BCUT2D eigenvalue weighted by molar-refractivity contribution is -0.107. The van der Waals surface area contributed by atoms with E-state index in [0.29, 0.717) is 0 Å². The lowest BCUT2D eigenvalue weighted by atomic mass is 10.3. The Morgan fingerprint density at radius 3 is 1.88 bits per heavy atom. The SMILES string of the molecule is CN(C=O)c1cccc([Si](C)(C)C[Si](C)(C)C[Si](C)(C)C[Si](C)(C)C)c1. The van der Waals surface area contributed by atoms with E-state index in [1.54, 1.807) is 16.2 Å². The molecule has 1 rings (SSSR count). The molecule has 0 fully saturated rings. The van der Waals surface area contributed by atoms with Crippen LogP contribution in [-0.4, -0.2) is 45.8 Å². The molecule has 1 aromatic carbocycles. The lowest BCUT2D eigenvalue weighted by Crippen LogP contribution is -2.52. The van der Waals surface area contributed by atoms with Gasteiger partial charge in [0.1, 0.15) is 0 Å². The van der Waals surface area contributed by atoms with E-state index in [1.165, 1.54) is 10.9 Å². The van der Waals surface area contributed by atoms with Gasteiger partial charge in [-0.05, 0) is 12.1 Å². The molecule has 0 heterocycles. The fourth-order valence-electron chi connectivity index (χ4n) is 5.36. The van der Waals surface area contributed by atoms with Crippen LogP contribution in [0, 0.1) is 0 Å². The number of hydrogen-bond donors (Lipinski definition) is 0. The zero-order valence-corrected chi connectivity index (χ0v) is 22.9. The Hall–Kier alpha value is -0.442. The molecule has 0 aromatic heterocycles. The fourth-order valence-corrected chi connectivity index (χ4v) is 41.9. The molecule has 148 valence electrons. The lowest BCUT2D eigenvalue weighted by Gasteiger charge is -2.39. The van der Waals surface area contributed by atoms with Crippen molar-refractivity contribution < 1.29 is 4.79 Å². The highest BCUT2D eigenvalue weighted by Crippen LogP contribution is 2.32. The van der Waals surface area contributed by atoms with Crippen LogP contribution in [0.4, 0.5) is 5.69 Å². The van der Waals surface area contributed by atoms with Gasteiger partial charge in [-0.1, -0.05) is 93.2 Å². The number of benzene rings is 1. The molecule has 0 bridgehead atoms. The first-order valence-corrected chi connectivity index (χ1v) is 23.6. The minimum Gasteiger partial charge on any atom is -0.318 e. The summed E-state index contributed by atoms with van der Waals surface area (Å²) in [6, 6.07) is 8.71. The number of carbonyl (C=O) groups is 1. The van der Waals surface area contributed by atoms with Gasteiger partial charge in [0.15, 0.2) is 0 Å². The molecule has 1 aromatic rings. The van der Waals surface area contributed by atoms with Gasteiger partial charge in [0, 0.05) is 37.0 Å². The summed E-state index contributed by atoms with van der Waals surface area (Å²) in [7, 11) is -3.02. The summed E-state index contributed by atoms with van der Waals surface area (Å²) in [5, 5.41) is 1.49. The number of carbonyl (C=O) groups excluding carboxylic acids is 1. The molecule has 0 N–H and O–H groups in total. The average Bonchev–Trinajstić information content (AvgIpc) is 2.41. The van der Waals surface area contributed by atoms with Gasteiger partial charge in [-0.15, -0.1) is 0 Å². The molecule has 0 aliphatic rings. The maximum Gasteiger partial charge on any atom is 0.213 e. The third kappa shape index (κ3) is 7.66. The highest BCUT2D eigenvalue weighted by atomic mass is 28.4. The molecule has 2 nitrogen and oxygen atoms in total. The van der Waals surface area contributed by atoms with Crippen molar-refractivity contribution in [1.82, 2.24) is 0 Å². The summed E-state index contributed by atoms with van der Waals surface area (Å²) in [6.45, 7) is 23.2.